The molecule has 0 aliphatic heterocycles. The van der Waals surface area contributed by atoms with Crippen molar-refractivity contribution in [2.24, 2.45) is 0 Å². The van der Waals surface area contributed by atoms with Crippen molar-refractivity contribution in [1.82, 2.24) is 4.57 Å². The molecule has 1 heterocycles. The summed E-state index contributed by atoms with van der Waals surface area (Å²) in [4.78, 5) is 21.7. The van der Waals surface area contributed by atoms with E-state index >= 15 is 0 Å². The van der Waals surface area contributed by atoms with Crippen molar-refractivity contribution in [3.8, 4) is 0 Å². The molecule has 0 atom stereocenters. The van der Waals surface area contributed by atoms with Gasteiger partial charge in [-0.2, -0.15) is 0 Å². The summed E-state index contributed by atoms with van der Waals surface area (Å²) in [6, 6.07) is 2.43. The first-order valence-corrected chi connectivity index (χ1v) is 5.10. The molecule has 0 amide bonds. The predicted molar refractivity (Wildman–Crippen MR) is 59.8 cm³/mol. The molecular formula is C10H14N2O5. The van der Waals surface area contributed by atoms with Crippen LogP contribution in [0, 0.1) is 10.1 Å². The number of pyridine rings is 1. The highest BCUT2D eigenvalue weighted by Gasteiger charge is 2.31. The Bertz CT molecular complexity index is 456. The van der Waals surface area contributed by atoms with Gasteiger partial charge in [-0.15, -0.1) is 0 Å². The van der Waals surface area contributed by atoms with Crippen molar-refractivity contribution in [2.45, 2.75) is 18.9 Å². The van der Waals surface area contributed by atoms with Gasteiger partial charge in [0, 0.05) is 12.3 Å². The first-order chi connectivity index (χ1) is 8.02. The maximum atomic E-state index is 11.8. The van der Waals surface area contributed by atoms with Crippen LogP contribution in [0.25, 0.3) is 0 Å². The van der Waals surface area contributed by atoms with Crippen molar-refractivity contribution in [3.63, 3.8) is 0 Å². The summed E-state index contributed by atoms with van der Waals surface area (Å²) in [5.74, 6) is 0. The van der Waals surface area contributed by atoms with Gasteiger partial charge in [0.05, 0.1) is 23.7 Å². The number of nitrogens with zero attached hydrogens (tertiary/aromatic N) is 2. The Morgan fingerprint density at radius 1 is 1.47 bits per heavy atom. The SMILES string of the molecule is CCC(CO)(CO)n1cccc([N+](=O)[O-])c1=O. The molecule has 2 N–H and O–H groups in total. The Morgan fingerprint density at radius 3 is 2.47 bits per heavy atom. The van der Waals surface area contributed by atoms with Gasteiger partial charge in [-0.25, -0.2) is 0 Å². The molecule has 1 aromatic rings. The molecule has 0 unspecified atom stereocenters. The molecule has 0 spiro atoms. The third kappa shape index (κ3) is 2.20. The molecule has 0 aliphatic rings. The third-order valence-corrected chi connectivity index (χ3v) is 2.88. The molecule has 17 heavy (non-hydrogen) atoms. The first kappa shape index (κ1) is 13.3. The molecule has 7 nitrogen and oxygen atoms in total. The molecule has 0 saturated carbocycles. The predicted octanol–water partition coefficient (Wildman–Crippen LogP) is -0.154. The van der Waals surface area contributed by atoms with Crippen LogP contribution < -0.4 is 5.56 Å². The van der Waals surface area contributed by atoms with E-state index < -0.39 is 34.9 Å². The van der Waals surface area contributed by atoms with Gasteiger partial charge >= 0.3 is 11.2 Å². The van der Waals surface area contributed by atoms with Crippen LogP contribution in [-0.2, 0) is 5.54 Å². The molecule has 1 aromatic heterocycles. The maximum Gasteiger partial charge on any atom is 0.334 e. The zero-order valence-corrected chi connectivity index (χ0v) is 9.37. The number of aromatic nitrogens is 1. The van der Waals surface area contributed by atoms with E-state index in [0.717, 1.165) is 10.6 Å². The molecule has 0 saturated heterocycles. The minimum Gasteiger partial charge on any atom is -0.394 e. The summed E-state index contributed by atoms with van der Waals surface area (Å²) in [5.41, 5.74) is -2.61. The van der Waals surface area contributed by atoms with Crippen LogP contribution >= 0.6 is 0 Å². The lowest BCUT2D eigenvalue weighted by molar-refractivity contribution is -0.386. The number of hydrogen-bond acceptors (Lipinski definition) is 5. The molecule has 0 radical (unpaired) electrons. The zero-order chi connectivity index (χ0) is 13.1. The Kier molecular flexibility index (Phi) is 3.97. The Balaban J connectivity index is 3.46. The quantitative estimate of drug-likeness (QED) is 0.551. The second-order valence-corrected chi connectivity index (χ2v) is 3.72. The van der Waals surface area contributed by atoms with Crippen LogP contribution in [0.5, 0.6) is 0 Å². The average molecular weight is 242 g/mol. The third-order valence-electron chi connectivity index (χ3n) is 2.88. The van der Waals surface area contributed by atoms with Crippen LogP contribution in [0.2, 0.25) is 0 Å². The number of nitro groups is 1. The number of rotatable bonds is 5. The smallest absolute Gasteiger partial charge is 0.334 e. The van der Waals surface area contributed by atoms with E-state index in [1.54, 1.807) is 6.92 Å². The molecule has 0 fully saturated rings. The van der Waals surface area contributed by atoms with Gasteiger partial charge in [-0.05, 0) is 12.5 Å². The summed E-state index contributed by atoms with van der Waals surface area (Å²) in [6.07, 6.45) is 1.60. The van der Waals surface area contributed by atoms with Gasteiger partial charge in [-0.3, -0.25) is 19.5 Å². The topological polar surface area (TPSA) is 106 Å². The number of aliphatic hydroxyl groups is 2. The zero-order valence-electron chi connectivity index (χ0n) is 9.37. The van der Waals surface area contributed by atoms with Crippen LogP contribution in [0.15, 0.2) is 23.1 Å². The highest BCUT2D eigenvalue weighted by molar-refractivity contribution is 5.26. The van der Waals surface area contributed by atoms with Crippen molar-refractivity contribution < 1.29 is 15.1 Å². The van der Waals surface area contributed by atoms with Gasteiger partial charge in [0.2, 0.25) is 0 Å². The highest BCUT2D eigenvalue weighted by atomic mass is 16.6. The van der Waals surface area contributed by atoms with Gasteiger partial charge in [0.25, 0.3) is 0 Å². The summed E-state index contributed by atoms with van der Waals surface area (Å²) in [5, 5.41) is 29.2. The average Bonchev–Trinajstić information content (AvgIpc) is 2.33. The minimum absolute atomic E-state index is 0.279. The molecule has 0 aromatic carbocycles. The minimum atomic E-state index is -1.21. The fraction of sp³-hybridized carbons (Fsp3) is 0.500. The summed E-state index contributed by atoms with van der Waals surface area (Å²) in [7, 11) is 0. The number of hydrogen-bond donors (Lipinski definition) is 2. The van der Waals surface area contributed by atoms with E-state index in [-0.39, 0.29) is 6.42 Å². The van der Waals surface area contributed by atoms with E-state index in [1.807, 2.05) is 0 Å². The van der Waals surface area contributed by atoms with Crippen molar-refractivity contribution in [3.05, 3.63) is 38.8 Å². The fourth-order valence-corrected chi connectivity index (χ4v) is 1.59. The van der Waals surface area contributed by atoms with Crippen LogP contribution in [0.1, 0.15) is 13.3 Å². The summed E-state index contributed by atoms with van der Waals surface area (Å²) < 4.78 is 1.02. The van der Waals surface area contributed by atoms with Gasteiger partial charge in [0.1, 0.15) is 0 Å². The maximum absolute atomic E-state index is 11.8. The molecular weight excluding hydrogens is 228 g/mol. The van der Waals surface area contributed by atoms with E-state index in [1.165, 1.54) is 12.3 Å². The van der Waals surface area contributed by atoms with Crippen molar-refractivity contribution >= 4 is 5.69 Å². The fourth-order valence-electron chi connectivity index (χ4n) is 1.59. The molecule has 0 aliphatic carbocycles. The summed E-state index contributed by atoms with van der Waals surface area (Å²) >= 11 is 0. The standard InChI is InChI=1S/C10H14N2O5/c1-2-10(6-13,7-14)11-5-3-4-8(9(11)15)12(16)17/h3-5,13-14H,2,6-7H2,1H3. The lowest BCUT2D eigenvalue weighted by atomic mass is 9.98. The molecule has 7 heteroatoms. The van der Waals surface area contributed by atoms with Gasteiger partial charge < -0.3 is 10.2 Å². The Morgan fingerprint density at radius 2 is 2.06 bits per heavy atom. The van der Waals surface area contributed by atoms with E-state index in [2.05, 4.69) is 0 Å². The lowest BCUT2D eigenvalue weighted by Gasteiger charge is -2.30. The van der Waals surface area contributed by atoms with Crippen molar-refractivity contribution in [1.29, 1.82) is 0 Å². The highest BCUT2D eigenvalue weighted by Crippen LogP contribution is 2.18. The van der Waals surface area contributed by atoms with E-state index in [0.29, 0.717) is 0 Å². The van der Waals surface area contributed by atoms with Crippen molar-refractivity contribution in [2.75, 3.05) is 13.2 Å². The molecule has 0 bridgehead atoms. The normalized spacial score (nSPS) is 11.5. The summed E-state index contributed by atoms with van der Waals surface area (Å²) in [6.45, 7) is 0.736. The van der Waals surface area contributed by atoms with Gasteiger partial charge in [-0.1, -0.05) is 6.92 Å². The lowest BCUT2D eigenvalue weighted by Crippen LogP contribution is -2.46. The monoisotopic (exact) mass is 242 g/mol. The van der Waals surface area contributed by atoms with Crippen LogP contribution in [0.3, 0.4) is 0 Å². The number of aliphatic hydroxyl groups excluding tert-OH is 2. The Hall–Kier alpha value is -1.73. The van der Waals surface area contributed by atoms with Gasteiger partial charge in [0.15, 0.2) is 0 Å². The van der Waals surface area contributed by atoms with Crippen LogP contribution in [-0.4, -0.2) is 32.9 Å². The first-order valence-electron chi connectivity index (χ1n) is 5.10. The molecule has 1 rings (SSSR count). The van der Waals surface area contributed by atoms with E-state index in [9.17, 15) is 25.1 Å². The second kappa shape index (κ2) is 5.07. The molecule has 94 valence electrons. The second-order valence-electron chi connectivity index (χ2n) is 3.72. The van der Waals surface area contributed by atoms with Crippen LogP contribution in [0.4, 0.5) is 5.69 Å². The van der Waals surface area contributed by atoms with E-state index in [4.69, 9.17) is 0 Å². The largest absolute Gasteiger partial charge is 0.394 e. The Labute approximate surface area is 97.1 Å².